The fourth-order valence-corrected chi connectivity index (χ4v) is 0.985. The lowest BCUT2D eigenvalue weighted by Crippen LogP contribution is -2.08. The van der Waals surface area contributed by atoms with E-state index < -0.39 is 11.6 Å². The summed E-state index contributed by atoms with van der Waals surface area (Å²) >= 11 is 0. The molecule has 0 aromatic carbocycles. The topological polar surface area (TPSA) is 54.4 Å². The predicted molar refractivity (Wildman–Crippen MR) is 50.9 cm³/mol. The molecule has 0 fully saturated rings. The molecule has 0 bridgehead atoms. The van der Waals surface area contributed by atoms with Gasteiger partial charge in [0.2, 0.25) is 0 Å². The highest BCUT2D eigenvalue weighted by molar-refractivity contribution is 5.39. The maximum atomic E-state index is 13.1. The lowest BCUT2D eigenvalue weighted by molar-refractivity contribution is 0.191. The van der Waals surface area contributed by atoms with Crippen LogP contribution in [0.4, 0.5) is 14.6 Å². The van der Waals surface area contributed by atoms with Gasteiger partial charge in [0.25, 0.3) is 5.88 Å². The van der Waals surface area contributed by atoms with E-state index in [1.807, 2.05) is 0 Å². The van der Waals surface area contributed by atoms with E-state index in [0.29, 0.717) is 12.6 Å². The van der Waals surface area contributed by atoms with Crippen molar-refractivity contribution >= 4 is 5.82 Å². The highest BCUT2D eigenvalue weighted by Gasteiger charge is 2.12. The highest BCUT2D eigenvalue weighted by atomic mass is 19.1. The first-order chi connectivity index (χ1) is 7.19. The first-order valence-corrected chi connectivity index (χ1v) is 4.52. The number of halogens is 2. The molecule has 0 aliphatic heterocycles. The van der Waals surface area contributed by atoms with Crippen LogP contribution in [0.15, 0.2) is 6.07 Å². The zero-order valence-corrected chi connectivity index (χ0v) is 8.26. The van der Waals surface area contributed by atoms with Crippen LogP contribution in [0.25, 0.3) is 0 Å². The largest absolute Gasteiger partial charge is 0.473 e. The van der Waals surface area contributed by atoms with Crippen LogP contribution >= 0.6 is 0 Å². The maximum absolute atomic E-state index is 13.1. The molecule has 1 rings (SSSR count). The summed E-state index contributed by atoms with van der Waals surface area (Å²) in [7, 11) is 0. The van der Waals surface area contributed by atoms with Gasteiger partial charge in [0.1, 0.15) is 6.61 Å². The summed E-state index contributed by atoms with van der Waals surface area (Å²) in [6.45, 7) is 1.89. The molecule has 0 spiro atoms. The van der Waals surface area contributed by atoms with Crippen LogP contribution in [0.1, 0.15) is 6.92 Å². The third-order valence-electron chi connectivity index (χ3n) is 1.57. The third-order valence-corrected chi connectivity index (χ3v) is 1.57. The first-order valence-electron chi connectivity index (χ1n) is 4.52. The minimum Gasteiger partial charge on any atom is -0.473 e. The number of aliphatic hydroxyl groups is 1. The summed E-state index contributed by atoms with van der Waals surface area (Å²) in [4.78, 5) is 3.60. The van der Waals surface area contributed by atoms with Gasteiger partial charge in [-0.3, -0.25) is 0 Å². The number of pyridine rings is 1. The molecule has 84 valence electrons. The molecule has 0 radical (unpaired) electrons. The molecule has 0 saturated heterocycles. The number of hydrogen-bond donors (Lipinski definition) is 2. The number of aliphatic hydroxyl groups excluding tert-OH is 1. The van der Waals surface area contributed by atoms with Crippen molar-refractivity contribution in [3.8, 4) is 5.88 Å². The van der Waals surface area contributed by atoms with Crippen molar-refractivity contribution < 1.29 is 18.6 Å². The standard InChI is InChI=1S/C9H12F2N2O2/c1-2-12-8-6(10)5-7(11)9(13-8)15-4-3-14/h5,14H,2-4H2,1H3,(H,12,13). The Balaban J connectivity index is 2.90. The smallest absolute Gasteiger partial charge is 0.252 e. The molecule has 0 amide bonds. The van der Waals surface area contributed by atoms with Crippen molar-refractivity contribution in [2.24, 2.45) is 0 Å². The minimum atomic E-state index is -0.886. The summed E-state index contributed by atoms with van der Waals surface area (Å²) < 4.78 is 30.9. The Morgan fingerprint density at radius 1 is 1.47 bits per heavy atom. The molecular formula is C9H12F2N2O2. The van der Waals surface area contributed by atoms with Crippen LogP contribution in [0, 0.1) is 11.6 Å². The van der Waals surface area contributed by atoms with Gasteiger partial charge in [-0.05, 0) is 6.92 Å². The zero-order chi connectivity index (χ0) is 11.3. The molecule has 0 aliphatic rings. The zero-order valence-electron chi connectivity index (χ0n) is 8.26. The Labute approximate surface area is 85.9 Å². The van der Waals surface area contributed by atoms with E-state index in [-0.39, 0.29) is 24.9 Å². The molecule has 0 saturated carbocycles. The van der Waals surface area contributed by atoms with Gasteiger partial charge in [0.05, 0.1) is 6.61 Å². The van der Waals surface area contributed by atoms with E-state index in [9.17, 15) is 8.78 Å². The maximum Gasteiger partial charge on any atom is 0.252 e. The molecule has 1 aromatic rings. The lowest BCUT2D eigenvalue weighted by Gasteiger charge is -2.08. The Bertz CT molecular complexity index is 334. The van der Waals surface area contributed by atoms with Crippen LogP contribution in [-0.2, 0) is 0 Å². The molecule has 0 aliphatic carbocycles. The molecule has 6 heteroatoms. The summed E-state index contributed by atoms with van der Waals surface area (Å²) in [6.07, 6.45) is 0. The summed E-state index contributed by atoms with van der Waals surface area (Å²) in [5.41, 5.74) is 0. The van der Waals surface area contributed by atoms with Crippen molar-refractivity contribution in [1.82, 2.24) is 4.98 Å². The number of ether oxygens (including phenoxy) is 1. The van der Waals surface area contributed by atoms with Crippen LogP contribution in [0.3, 0.4) is 0 Å². The average molecular weight is 218 g/mol. The Morgan fingerprint density at radius 2 is 2.20 bits per heavy atom. The van der Waals surface area contributed by atoms with Gasteiger partial charge in [0.15, 0.2) is 17.5 Å². The second-order valence-corrected chi connectivity index (χ2v) is 2.71. The number of hydrogen-bond acceptors (Lipinski definition) is 4. The number of anilines is 1. The van der Waals surface area contributed by atoms with Gasteiger partial charge in [-0.25, -0.2) is 8.78 Å². The van der Waals surface area contributed by atoms with Gasteiger partial charge in [0, 0.05) is 12.6 Å². The molecule has 2 N–H and O–H groups in total. The molecule has 15 heavy (non-hydrogen) atoms. The third kappa shape index (κ3) is 3.02. The molecule has 1 aromatic heterocycles. The summed E-state index contributed by atoms with van der Waals surface area (Å²) in [5, 5.41) is 11.1. The molecule has 0 atom stereocenters. The van der Waals surface area contributed by atoms with Gasteiger partial charge in [-0.2, -0.15) is 4.98 Å². The average Bonchev–Trinajstić information content (AvgIpc) is 2.20. The van der Waals surface area contributed by atoms with Crippen LogP contribution in [0.2, 0.25) is 0 Å². The number of nitrogens with zero attached hydrogens (tertiary/aromatic N) is 1. The van der Waals surface area contributed by atoms with Crippen LogP contribution in [-0.4, -0.2) is 29.8 Å². The SMILES string of the molecule is CCNc1nc(OCCO)c(F)cc1F. The summed E-state index contributed by atoms with van der Waals surface area (Å²) in [6, 6.07) is 0.692. The Morgan fingerprint density at radius 3 is 2.80 bits per heavy atom. The van der Waals surface area contributed by atoms with Crippen molar-refractivity contribution in [3.63, 3.8) is 0 Å². The fraction of sp³-hybridized carbons (Fsp3) is 0.444. The van der Waals surface area contributed by atoms with E-state index in [1.165, 1.54) is 0 Å². The van der Waals surface area contributed by atoms with Gasteiger partial charge in [-0.1, -0.05) is 0 Å². The van der Waals surface area contributed by atoms with Crippen molar-refractivity contribution in [3.05, 3.63) is 17.7 Å². The normalized spacial score (nSPS) is 10.1. The van der Waals surface area contributed by atoms with Gasteiger partial charge >= 0.3 is 0 Å². The molecule has 4 nitrogen and oxygen atoms in total. The molecule has 1 heterocycles. The van der Waals surface area contributed by atoms with E-state index >= 15 is 0 Å². The molecular weight excluding hydrogens is 206 g/mol. The Hall–Kier alpha value is -1.43. The quantitative estimate of drug-likeness (QED) is 0.778. The second kappa shape index (κ2) is 5.45. The van der Waals surface area contributed by atoms with Gasteiger partial charge < -0.3 is 15.2 Å². The number of nitrogens with one attached hydrogen (secondary N) is 1. The lowest BCUT2D eigenvalue weighted by atomic mass is 10.4. The van der Waals surface area contributed by atoms with Crippen molar-refractivity contribution in [2.45, 2.75) is 6.92 Å². The van der Waals surface area contributed by atoms with E-state index in [2.05, 4.69) is 10.3 Å². The Kier molecular flexibility index (Phi) is 4.23. The second-order valence-electron chi connectivity index (χ2n) is 2.71. The molecule has 0 unspecified atom stereocenters. The van der Waals surface area contributed by atoms with E-state index in [1.54, 1.807) is 6.92 Å². The van der Waals surface area contributed by atoms with Crippen LogP contribution in [0.5, 0.6) is 5.88 Å². The summed E-state index contributed by atoms with van der Waals surface area (Å²) in [5.74, 6) is -2.04. The van der Waals surface area contributed by atoms with E-state index in [4.69, 9.17) is 9.84 Å². The van der Waals surface area contributed by atoms with Crippen molar-refractivity contribution in [1.29, 1.82) is 0 Å². The minimum absolute atomic E-state index is 0.0631. The number of aromatic nitrogens is 1. The monoisotopic (exact) mass is 218 g/mol. The highest BCUT2D eigenvalue weighted by Crippen LogP contribution is 2.20. The van der Waals surface area contributed by atoms with E-state index in [0.717, 1.165) is 0 Å². The van der Waals surface area contributed by atoms with Crippen molar-refractivity contribution in [2.75, 3.05) is 25.1 Å². The first kappa shape index (κ1) is 11.6. The van der Waals surface area contributed by atoms with Crippen LogP contribution < -0.4 is 10.1 Å². The predicted octanol–water partition coefficient (Wildman–Crippen LogP) is 1.16. The fourth-order valence-electron chi connectivity index (χ4n) is 0.985. The number of rotatable bonds is 5. The van der Waals surface area contributed by atoms with Gasteiger partial charge in [-0.15, -0.1) is 0 Å².